The topological polar surface area (TPSA) is 76.9 Å². The van der Waals surface area contributed by atoms with Crippen LogP contribution in [0.1, 0.15) is 50.0 Å². The molecule has 0 saturated heterocycles. The Morgan fingerprint density at radius 1 is 1.17 bits per heavy atom. The first-order chi connectivity index (χ1) is 14.3. The predicted molar refractivity (Wildman–Crippen MR) is 121 cm³/mol. The van der Waals surface area contributed by atoms with E-state index in [9.17, 15) is 9.59 Å². The van der Waals surface area contributed by atoms with Crippen LogP contribution in [0.4, 0.5) is 5.69 Å². The van der Waals surface area contributed by atoms with Crippen molar-refractivity contribution in [1.29, 1.82) is 0 Å². The number of benzene rings is 1. The third-order valence-corrected chi connectivity index (χ3v) is 6.61. The number of anilines is 1. The predicted octanol–water partition coefficient (Wildman–Crippen LogP) is 5.30. The van der Waals surface area contributed by atoms with Gasteiger partial charge >= 0.3 is 0 Å². The molecule has 1 amide bonds. The van der Waals surface area contributed by atoms with Gasteiger partial charge in [-0.3, -0.25) is 14.2 Å². The molecule has 2 aromatic heterocycles. The molecule has 0 atom stereocenters. The average molecular weight is 441 g/mol. The number of aromatic nitrogens is 3. The van der Waals surface area contributed by atoms with Gasteiger partial charge in [-0.1, -0.05) is 38.6 Å². The van der Waals surface area contributed by atoms with E-state index in [1.165, 1.54) is 11.8 Å². The SMILES string of the molecule is CC(C)(C)C(=O)Nc1ccc(C(=O)CSc2nnc(-c3cccs3)n2C2CC2)cc1. The summed E-state index contributed by atoms with van der Waals surface area (Å²) in [7, 11) is 0. The standard InChI is InChI=1S/C22H24N4O2S2/c1-22(2,3)20(28)23-15-8-6-14(7-9-15)17(27)13-30-21-25-24-19(18-5-4-12-29-18)26(21)16-10-11-16/h4-9,12,16H,10-11,13H2,1-3H3,(H,23,28). The van der Waals surface area contributed by atoms with E-state index in [-0.39, 0.29) is 11.7 Å². The largest absolute Gasteiger partial charge is 0.326 e. The van der Waals surface area contributed by atoms with E-state index in [1.807, 2.05) is 38.3 Å². The van der Waals surface area contributed by atoms with Gasteiger partial charge in [0.1, 0.15) is 0 Å². The van der Waals surface area contributed by atoms with Crippen LogP contribution in [-0.4, -0.2) is 32.2 Å². The maximum Gasteiger partial charge on any atom is 0.229 e. The first kappa shape index (κ1) is 20.8. The summed E-state index contributed by atoms with van der Waals surface area (Å²) in [5, 5.41) is 14.4. The van der Waals surface area contributed by atoms with Crippen LogP contribution >= 0.6 is 23.1 Å². The second-order valence-electron chi connectivity index (χ2n) is 8.38. The van der Waals surface area contributed by atoms with Gasteiger partial charge in [0, 0.05) is 22.7 Å². The normalized spacial score (nSPS) is 14.0. The number of hydrogen-bond donors (Lipinski definition) is 1. The van der Waals surface area contributed by atoms with Crippen LogP contribution in [0.3, 0.4) is 0 Å². The molecule has 8 heteroatoms. The van der Waals surface area contributed by atoms with Gasteiger partial charge in [-0.2, -0.15) is 0 Å². The molecule has 0 bridgehead atoms. The lowest BCUT2D eigenvalue weighted by Crippen LogP contribution is -2.27. The van der Waals surface area contributed by atoms with Crippen LogP contribution in [0.25, 0.3) is 10.7 Å². The highest BCUT2D eigenvalue weighted by Crippen LogP contribution is 2.41. The summed E-state index contributed by atoms with van der Waals surface area (Å²) in [4.78, 5) is 25.9. The number of thioether (sulfide) groups is 1. The second kappa shape index (κ2) is 8.35. The molecule has 4 rings (SSSR count). The minimum atomic E-state index is -0.468. The second-order valence-corrected chi connectivity index (χ2v) is 10.3. The van der Waals surface area contributed by atoms with Crippen molar-refractivity contribution >= 4 is 40.5 Å². The number of carbonyl (C=O) groups is 2. The van der Waals surface area contributed by atoms with Gasteiger partial charge in [0.05, 0.1) is 10.6 Å². The van der Waals surface area contributed by atoms with E-state index < -0.39 is 5.41 Å². The van der Waals surface area contributed by atoms with Crippen LogP contribution in [0.2, 0.25) is 0 Å². The Hall–Kier alpha value is -2.45. The maximum atomic E-state index is 12.7. The molecule has 0 radical (unpaired) electrons. The number of rotatable bonds is 7. The minimum absolute atomic E-state index is 0.0247. The number of carbonyl (C=O) groups excluding carboxylic acids is 2. The zero-order chi connectivity index (χ0) is 21.3. The summed E-state index contributed by atoms with van der Waals surface area (Å²) in [5.41, 5.74) is 0.838. The maximum absolute atomic E-state index is 12.7. The zero-order valence-electron chi connectivity index (χ0n) is 17.2. The molecular formula is C22H24N4O2S2. The van der Waals surface area contributed by atoms with Gasteiger partial charge in [0.25, 0.3) is 0 Å². The van der Waals surface area contributed by atoms with Crippen molar-refractivity contribution in [1.82, 2.24) is 14.8 Å². The summed E-state index contributed by atoms with van der Waals surface area (Å²) in [6, 6.07) is 11.5. The fourth-order valence-corrected chi connectivity index (χ4v) is 4.49. The molecule has 30 heavy (non-hydrogen) atoms. The summed E-state index contributed by atoms with van der Waals surface area (Å²) < 4.78 is 2.18. The highest BCUT2D eigenvalue weighted by Gasteiger charge is 2.30. The highest BCUT2D eigenvalue weighted by molar-refractivity contribution is 7.99. The van der Waals surface area contributed by atoms with Gasteiger partial charge in [-0.25, -0.2) is 0 Å². The van der Waals surface area contributed by atoms with E-state index in [0.717, 1.165) is 28.7 Å². The van der Waals surface area contributed by atoms with E-state index >= 15 is 0 Å². The third kappa shape index (κ3) is 4.65. The summed E-state index contributed by atoms with van der Waals surface area (Å²) in [6.07, 6.45) is 2.25. The van der Waals surface area contributed by atoms with Crippen molar-refractivity contribution in [3.63, 3.8) is 0 Å². The molecule has 1 saturated carbocycles. The molecule has 0 unspecified atom stereocenters. The fourth-order valence-electron chi connectivity index (χ4n) is 2.88. The molecule has 1 aliphatic carbocycles. The van der Waals surface area contributed by atoms with E-state index in [1.54, 1.807) is 35.6 Å². The van der Waals surface area contributed by atoms with Crippen molar-refractivity contribution in [2.24, 2.45) is 5.41 Å². The van der Waals surface area contributed by atoms with Gasteiger partial charge in [0.15, 0.2) is 16.8 Å². The molecule has 0 spiro atoms. The average Bonchev–Trinajstić information content (AvgIpc) is 3.23. The van der Waals surface area contributed by atoms with Gasteiger partial charge in [0.2, 0.25) is 5.91 Å². The van der Waals surface area contributed by atoms with Crippen molar-refractivity contribution < 1.29 is 9.59 Å². The monoisotopic (exact) mass is 440 g/mol. The quantitative estimate of drug-likeness (QED) is 0.398. The Morgan fingerprint density at radius 3 is 2.50 bits per heavy atom. The molecule has 6 nitrogen and oxygen atoms in total. The molecule has 2 heterocycles. The van der Waals surface area contributed by atoms with Crippen LogP contribution in [-0.2, 0) is 4.79 Å². The Balaban J connectivity index is 1.41. The molecule has 156 valence electrons. The number of nitrogens with zero attached hydrogens (tertiary/aromatic N) is 3. The number of hydrogen-bond acceptors (Lipinski definition) is 6. The third-order valence-electron chi connectivity index (χ3n) is 4.80. The van der Waals surface area contributed by atoms with Crippen LogP contribution in [0.5, 0.6) is 0 Å². The number of Topliss-reactive ketones (excluding diaryl/α,β-unsaturated/α-hetero) is 1. The minimum Gasteiger partial charge on any atom is -0.326 e. The van der Waals surface area contributed by atoms with Gasteiger partial charge in [-0.15, -0.1) is 21.5 Å². The smallest absolute Gasteiger partial charge is 0.229 e. The molecule has 1 aliphatic rings. The molecular weight excluding hydrogens is 416 g/mol. The van der Waals surface area contributed by atoms with Crippen molar-refractivity contribution in [2.75, 3.05) is 11.1 Å². The van der Waals surface area contributed by atoms with Crippen molar-refractivity contribution in [3.05, 3.63) is 47.3 Å². The molecule has 3 aromatic rings. The van der Waals surface area contributed by atoms with Crippen LogP contribution in [0.15, 0.2) is 46.9 Å². The van der Waals surface area contributed by atoms with Crippen molar-refractivity contribution in [2.45, 2.75) is 44.8 Å². The van der Waals surface area contributed by atoms with Crippen molar-refractivity contribution in [3.8, 4) is 10.7 Å². The lowest BCUT2D eigenvalue weighted by atomic mass is 9.95. The summed E-state index contributed by atoms with van der Waals surface area (Å²) in [5.74, 6) is 1.15. The van der Waals surface area contributed by atoms with Gasteiger partial charge < -0.3 is 5.32 Å². The first-order valence-corrected chi connectivity index (χ1v) is 11.8. The molecule has 1 N–H and O–H groups in total. The number of amides is 1. The Kier molecular flexibility index (Phi) is 5.79. The lowest BCUT2D eigenvalue weighted by molar-refractivity contribution is -0.123. The van der Waals surface area contributed by atoms with Crippen LogP contribution < -0.4 is 5.32 Å². The zero-order valence-corrected chi connectivity index (χ0v) is 18.8. The number of ketones is 1. The summed E-state index contributed by atoms with van der Waals surface area (Å²) in [6.45, 7) is 5.59. The van der Waals surface area contributed by atoms with E-state index in [2.05, 4.69) is 20.1 Å². The Labute approximate surface area is 184 Å². The number of thiophene rings is 1. The summed E-state index contributed by atoms with van der Waals surface area (Å²) >= 11 is 3.08. The van der Waals surface area contributed by atoms with E-state index in [0.29, 0.717) is 23.0 Å². The van der Waals surface area contributed by atoms with Gasteiger partial charge in [-0.05, 0) is 48.6 Å². The lowest BCUT2D eigenvalue weighted by Gasteiger charge is -2.17. The number of nitrogens with one attached hydrogen (secondary N) is 1. The van der Waals surface area contributed by atoms with Crippen LogP contribution in [0, 0.1) is 5.41 Å². The Bertz CT molecular complexity index is 1050. The molecule has 1 aromatic carbocycles. The highest BCUT2D eigenvalue weighted by atomic mass is 32.2. The van der Waals surface area contributed by atoms with E-state index in [4.69, 9.17) is 0 Å². The molecule has 0 aliphatic heterocycles. The Morgan fingerprint density at radius 2 is 1.90 bits per heavy atom. The fraction of sp³-hybridized carbons (Fsp3) is 0.364. The first-order valence-electron chi connectivity index (χ1n) is 9.89. The molecule has 1 fully saturated rings.